The lowest BCUT2D eigenvalue weighted by Gasteiger charge is -1.89. The van der Waals surface area contributed by atoms with Gasteiger partial charge in [-0.05, 0) is 0 Å². The highest BCUT2D eigenvalue weighted by atomic mass is 32.2. The summed E-state index contributed by atoms with van der Waals surface area (Å²) < 4.78 is 0. The zero-order valence-electron chi connectivity index (χ0n) is 4.53. The van der Waals surface area contributed by atoms with Crippen LogP contribution >= 0.6 is 11.8 Å². The van der Waals surface area contributed by atoms with Gasteiger partial charge in [-0.2, -0.15) is 0 Å². The van der Waals surface area contributed by atoms with Crippen LogP contribution in [0.25, 0.3) is 0 Å². The number of hydrogen-bond acceptors (Lipinski definition) is 2. The maximum Gasteiger partial charge on any atom is 0.0701 e. The summed E-state index contributed by atoms with van der Waals surface area (Å²) in [5, 5.41) is 3.86. The van der Waals surface area contributed by atoms with Crippen molar-refractivity contribution in [2.45, 2.75) is 0 Å². The molecule has 0 amide bonds. The normalized spacial score (nSPS) is 19.2. The Kier molecular flexibility index (Phi) is 1.18. The number of nitrogens with one attached hydrogen (secondary N) is 1. The van der Waals surface area contributed by atoms with Crippen LogP contribution in [0.15, 0.2) is 35.4 Å². The second-order valence-electron chi connectivity index (χ2n) is 1.55. The molecule has 42 valence electrons. The molecule has 1 aliphatic heterocycles. The zero-order chi connectivity index (χ0) is 6.15. The molecule has 0 aromatic rings. The molecule has 0 unspecified atom stereocenters. The predicted molar refractivity (Wildman–Crippen MR) is 38.1 cm³/mol. The van der Waals surface area contributed by atoms with Gasteiger partial charge in [-0.15, -0.1) is 0 Å². The van der Waals surface area contributed by atoms with E-state index in [1.54, 1.807) is 0 Å². The Bertz CT molecular complexity index is 151. The fraction of sp³-hybridized carbons (Fsp3) is 0. The fourth-order valence-corrected chi connectivity index (χ4v) is 1.12. The highest BCUT2D eigenvalue weighted by molar-refractivity contribution is 8.07. The Morgan fingerprint density at radius 2 is 1.88 bits per heavy atom. The summed E-state index contributed by atoms with van der Waals surface area (Å²) in [4.78, 5) is 0.968. The van der Waals surface area contributed by atoms with E-state index in [1.165, 1.54) is 11.8 Å². The van der Waals surface area contributed by atoms with Crippen molar-refractivity contribution in [2.75, 3.05) is 0 Å². The molecule has 1 N–H and O–H groups in total. The first-order valence-electron chi connectivity index (χ1n) is 2.22. The Labute approximate surface area is 53.2 Å². The first-order chi connectivity index (χ1) is 3.70. The van der Waals surface area contributed by atoms with E-state index in [1.807, 2.05) is 0 Å². The topological polar surface area (TPSA) is 12.0 Å². The minimum absolute atomic E-state index is 0.875. The number of rotatable bonds is 0. The molecule has 8 heavy (non-hydrogen) atoms. The third-order valence-electron chi connectivity index (χ3n) is 0.873. The van der Waals surface area contributed by atoms with Crippen LogP contribution in [-0.4, -0.2) is 0 Å². The summed E-state index contributed by atoms with van der Waals surface area (Å²) in [5.74, 6) is 0. The van der Waals surface area contributed by atoms with Crippen LogP contribution in [0, 0.1) is 0 Å². The van der Waals surface area contributed by atoms with E-state index in [-0.39, 0.29) is 0 Å². The van der Waals surface area contributed by atoms with Gasteiger partial charge in [0.15, 0.2) is 0 Å². The molecule has 0 spiro atoms. The molecule has 1 fully saturated rings. The molecule has 0 atom stereocenters. The fourth-order valence-electron chi connectivity index (χ4n) is 0.474. The van der Waals surface area contributed by atoms with Crippen molar-refractivity contribution in [1.82, 2.24) is 5.32 Å². The van der Waals surface area contributed by atoms with Gasteiger partial charge in [-0.1, -0.05) is 31.5 Å². The summed E-state index contributed by atoms with van der Waals surface area (Å²) in [5.41, 5.74) is 0.875. The molecule has 1 heterocycles. The van der Waals surface area contributed by atoms with Gasteiger partial charge in [-0.3, -0.25) is 0 Å². The Morgan fingerprint density at radius 3 is 2.00 bits per heavy atom. The van der Waals surface area contributed by atoms with Crippen molar-refractivity contribution in [3.63, 3.8) is 0 Å². The van der Waals surface area contributed by atoms with Crippen molar-refractivity contribution in [2.24, 2.45) is 0 Å². The number of hydrogen-bond donors (Lipinski definition) is 1. The van der Waals surface area contributed by atoms with Gasteiger partial charge in [-0.25, -0.2) is 0 Å². The molecular weight excluding hydrogens is 118 g/mol. The van der Waals surface area contributed by atoms with Crippen LogP contribution in [0.4, 0.5) is 0 Å². The van der Waals surface area contributed by atoms with E-state index in [4.69, 9.17) is 0 Å². The molecule has 1 rings (SSSR count). The van der Waals surface area contributed by atoms with E-state index < -0.39 is 0 Å². The van der Waals surface area contributed by atoms with Crippen molar-refractivity contribution in [3.05, 3.63) is 35.4 Å². The van der Waals surface area contributed by atoms with Gasteiger partial charge in [0.25, 0.3) is 0 Å². The largest absolute Gasteiger partial charge is 0.350 e. The number of thioether (sulfide) groups is 1. The van der Waals surface area contributed by atoms with Crippen molar-refractivity contribution < 1.29 is 0 Å². The van der Waals surface area contributed by atoms with Crippen LogP contribution in [0.2, 0.25) is 0 Å². The monoisotopic (exact) mass is 125 g/mol. The SMILES string of the molecule is C=C1NC(=C)C(=C)S1. The van der Waals surface area contributed by atoms with Gasteiger partial charge >= 0.3 is 0 Å². The van der Waals surface area contributed by atoms with Crippen molar-refractivity contribution >= 4 is 11.8 Å². The lowest BCUT2D eigenvalue weighted by molar-refractivity contribution is 1.13. The molecule has 2 heteroatoms. The van der Waals surface area contributed by atoms with Crippen LogP contribution < -0.4 is 5.32 Å². The van der Waals surface area contributed by atoms with E-state index in [2.05, 4.69) is 25.1 Å². The average molecular weight is 125 g/mol. The molecule has 0 aliphatic carbocycles. The molecule has 0 aromatic heterocycles. The Hall–Kier alpha value is -0.630. The Morgan fingerprint density at radius 1 is 1.25 bits per heavy atom. The van der Waals surface area contributed by atoms with Gasteiger partial charge in [0.05, 0.1) is 5.03 Å². The quantitative estimate of drug-likeness (QED) is 0.530. The standard InChI is InChI=1S/C6H7NS/c1-4-5(2)8-6(3)7-4/h7H,1-3H2. The minimum Gasteiger partial charge on any atom is -0.350 e. The smallest absolute Gasteiger partial charge is 0.0701 e. The molecule has 1 aliphatic rings. The van der Waals surface area contributed by atoms with Gasteiger partial charge in [0, 0.05) is 10.6 Å². The van der Waals surface area contributed by atoms with Crippen LogP contribution in [0.1, 0.15) is 0 Å². The predicted octanol–water partition coefficient (Wildman–Crippen LogP) is 1.82. The summed E-state index contributed by atoms with van der Waals surface area (Å²) in [7, 11) is 0. The van der Waals surface area contributed by atoms with Crippen LogP contribution in [0.3, 0.4) is 0 Å². The molecule has 1 nitrogen and oxygen atoms in total. The second-order valence-corrected chi connectivity index (χ2v) is 2.74. The average Bonchev–Trinajstić information content (AvgIpc) is 1.85. The van der Waals surface area contributed by atoms with Gasteiger partial charge in [0.2, 0.25) is 0 Å². The summed E-state index contributed by atoms with van der Waals surface area (Å²) in [6.07, 6.45) is 0. The molecule has 0 bridgehead atoms. The molecule has 1 saturated heterocycles. The van der Waals surface area contributed by atoms with E-state index in [9.17, 15) is 0 Å². The summed E-state index contributed by atoms with van der Waals surface area (Å²) >= 11 is 1.53. The first-order valence-corrected chi connectivity index (χ1v) is 3.04. The highest BCUT2D eigenvalue weighted by Crippen LogP contribution is 2.32. The minimum atomic E-state index is 0.875. The van der Waals surface area contributed by atoms with Gasteiger partial charge < -0.3 is 5.32 Å². The lowest BCUT2D eigenvalue weighted by Crippen LogP contribution is -1.98. The van der Waals surface area contributed by atoms with Crippen molar-refractivity contribution in [3.8, 4) is 0 Å². The lowest BCUT2D eigenvalue weighted by atomic mass is 10.5. The van der Waals surface area contributed by atoms with E-state index >= 15 is 0 Å². The van der Waals surface area contributed by atoms with E-state index in [0.29, 0.717) is 0 Å². The molecule has 0 saturated carbocycles. The maximum absolute atomic E-state index is 3.73. The summed E-state index contributed by atoms with van der Waals surface area (Å²) in [6.45, 7) is 11.1. The van der Waals surface area contributed by atoms with Crippen LogP contribution in [-0.2, 0) is 0 Å². The second kappa shape index (κ2) is 1.71. The van der Waals surface area contributed by atoms with Crippen LogP contribution in [0.5, 0.6) is 0 Å². The Balaban J connectivity index is 2.79. The summed E-state index contributed by atoms with van der Waals surface area (Å²) in [6, 6.07) is 0. The third-order valence-corrected chi connectivity index (χ3v) is 1.71. The van der Waals surface area contributed by atoms with E-state index in [0.717, 1.165) is 15.6 Å². The first kappa shape index (κ1) is 5.51. The highest BCUT2D eigenvalue weighted by Gasteiger charge is 2.11. The molecular formula is C6H7NS. The maximum atomic E-state index is 3.73. The zero-order valence-corrected chi connectivity index (χ0v) is 5.35. The van der Waals surface area contributed by atoms with Crippen molar-refractivity contribution in [1.29, 1.82) is 0 Å². The van der Waals surface area contributed by atoms with Gasteiger partial charge in [0.1, 0.15) is 0 Å². The molecule has 0 aromatic carbocycles. The third kappa shape index (κ3) is 0.793. The molecule has 0 radical (unpaired) electrons.